The van der Waals surface area contributed by atoms with Crippen LogP contribution in [0, 0.1) is 0 Å². The maximum absolute atomic E-state index is 12.4. The highest BCUT2D eigenvalue weighted by atomic mass is 19.4. The van der Waals surface area contributed by atoms with E-state index in [9.17, 15) is 23.1 Å². The summed E-state index contributed by atoms with van der Waals surface area (Å²) < 4.78 is 37.1. The fraction of sp³-hybridized carbons (Fsp3) is 0.500. The first-order valence-corrected chi connectivity index (χ1v) is 6.43. The zero-order chi connectivity index (χ0) is 15.2. The molecule has 1 unspecified atom stereocenters. The van der Waals surface area contributed by atoms with Crippen LogP contribution in [0.15, 0.2) is 24.3 Å². The number of halogens is 3. The van der Waals surface area contributed by atoms with Gasteiger partial charge >= 0.3 is 6.18 Å². The summed E-state index contributed by atoms with van der Waals surface area (Å²) in [7, 11) is 0. The number of aliphatic hydroxyl groups is 1. The van der Waals surface area contributed by atoms with Gasteiger partial charge in [-0.3, -0.25) is 4.79 Å². The van der Waals surface area contributed by atoms with Crippen molar-refractivity contribution < 1.29 is 23.1 Å². The van der Waals surface area contributed by atoms with Gasteiger partial charge in [0.25, 0.3) is 0 Å². The zero-order valence-electron chi connectivity index (χ0n) is 11.2. The molecule has 0 aliphatic carbocycles. The number of hydrogen-bond donors (Lipinski definition) is 2. The number of carbonyl (C=O) groups excluding carboxylic acids is 1. The van der Waals surface area contributed by atoms with Gasteiger partial charge in [0.05, 0.1) is 18.1 Å². The lowest BCUT2D eigenvalue weighted by Crippen LogP contribution is -2.28. The van der Waals surface area contributed by atoms with Crippen LogP contribution in [-0.2, 0) is 17.4 Å². The Bertz CT molecular complexity index is 429. The number of rotatable bonds is 6. The van der Waals surface area contributed by atoms with Crippen molar-refractivity contribution in [2.24, 2.45) is 0 Å². The lowest BCUT2D eigenvalue weighted by Gasteiger charge is -2.10. The zero-order valence-corrected chi connectivity index (χ0v) is 11.2. The predicted octanol–water partition coefficient (Wildman–Crippen LogP) is 2.53. The SMILES string of the molecule is CCC(O)CCNC(=O)Cc1ccc(C(F)(F)F)cc1. The van der Waals surface area contributed by atoms with E-state index in [1.165, 1.54) is 12.1 Å². The first-order valence-electron chi connectivity index (χ1n) is 6.43. The van der Waals surface area contributed by atoms with Crippen LogP contribution in [0.1, 0.15) is 30.9 Å². The van der Waals surface area contributed by atoms with Crippen LogP contribution in [0.5, 0.6) is 0 Å². The molecule has 6 heteroatoms. The highest BCUT2D eigenvalue weighted by Crippen LogP contribution is 2.29. The Morgan fingerprint density at radius 2 is 1.90 bits per heavy atom. The Balaban J connectivity index is 2.43. The Labute approximate surface area is 115 Å². The fourth-order valence-electron chi connectivity index (χ4n) is 1.64. The van der Waals surface area contributed by atoms with Gasteiger partial charge in [-0.1, -0.05) is 19.1 Å². The van der Waals surface area contributed by atoms with Crippen molar-refractivity contribution in [3.8, 4) is 0 Å². The molecule has 1 rings (SSSR count). The molecule has 0 fully saturated rings. The molecule has 0 heterocycles. The highest BCUT2D eigenvalue weighted by Gasteiger charge is 2.29. The normalized spacial score (nSPS) is 13.1. The van der Waals surface area contributed by atoms with E-state index in [0.29, 0.717) is 24.9 Å². The molecule has 0 spiro atoms. The van der Waals surface area contributed by atoms with Crippen LogP contribution in [0.3, 0.4) is 0 Å². The molecule has 0 aromatic heterocycles. The van der Waals surface area contributed by atoms with Crippen molar-refractivity contribution in [1.82, 2.24) is 5.32 Å². The van der Waals surface area contributed by atoms with Crippen LogP contribution >= 0.6 is 0 Å². The van der Waals surface area contributed by atoms with Gasteiger partial charge in [0, 0.05) is 6.54 Å². The first kappa shape index (κ1) is 16.5. The van der Waals surface area contributed by atoms with E-state index in [2.05, 4.69) is 5.32 Å². The predicted molar refractivity (Wildman–Crippen MR) is 69.1 cm³/mol. The second-order valence-electron chi connectivity index (χ2n) is 4.57. The topological polar surface area (TPSA) is 49.3 Å². The van der Waals surface area contributed by atoms with Gasteiger partial charge in [-0.2, -0.15) is 13.2 Å². The molecule has 0 saturated carbocycles. The number of benzene rings is 1. The minimum Gasteiger partial charge on any atom is -0.393 e. The standard InChI is InChI=1S/C14H18F3NO2/c1-2-12(19)7-8-18-13(20)9-10-3-5-11(6-4-10)14(15,16)17/h3-6,12,19H,2,7-9H2,1H3,(H,18,20). The van der Waals surface area contributed by atoms with Crippen LogP contribution in [0.25, 0.3) is 0 Å². The summed E-state index contributed by atoms with van der Waals surface area (Å²) in [5.41, 5.74) is -0.209. The van der Waals surface area contributed by atoms with Gasteiger partial charge in [-0.15, -0.1) is 0 Å². The molecular formula is C14H18F3NO2. The third-order valence-corrected chi connectivity index (χ3v) is 2.92. The molecule has 1 amide bonds. The van der Waals surface area contributed by atoms with E-state index in [0.717, 1.165) is 12.1 Å². The van der Waals surface area contributed by atoms with Crippen molar-refractivity contribution in [2.75, 3.05) is 6.54 Å². The Morgan fingerprint density at radius 3 is 2.40 bits per heavy atom. The maximum atomic E-state index is 12.4. The maximum Gasteiger partial charge on any atom is 0.416 e. The van der Waals surface area contributed by atoms with Gasteiger partial charge in [0.15, 0.2) is 0 Å². The molecule has 1 aromatic rings. The Kier molecular flexibility index (Phi) is 6.01. The second kappa shape index (κ2) is 7.28. The second-order valence-corrected chi connectivity index (χ2v) is 4.57. The number of alkyl halides is 3. The number of amides is 1. The molecule has 20 heavy (non-hydrogen) atoms. The largest absolute Gasteiger partial charge is 0.416 e. The average Bonchev–Trinajstić information content (AvgIpc) is 2.38. The number of hydrogen-bond acceptors (Lipinski definition) is 2. The molecule has 0 aliphatic heterocycles. The van der Waals surface area contributed by atoms with Crippen molar-refractivity contribution in [3.05, 3.63) is 35.4 Å². The quantitative estimate of drug-likeness (QED) is 0.845. The summed E-state index contributed by atoms with van der Waals surface area (Å²) in [6, 6.07) is 4.51. The molecule has 2 N–H and O–H groups in total. The van der Waals surface area contributed by atoms with Crippen molar-refractivity contribution in [2.45, 2.75) is 38.5 Å². The lowest BCUT2D eigenvalue weighted by molar-refractivity contribution is -0.137. The molecule has 112 valence electrons. The summed E-state index contributed by atoms with van der Waals surface area (Å²) in [5.74, 6) is -0.270. The Hall–Kier alpha value is -1.56. The summed E-state index contributed by atoms with van der Waals surface area (Å²) in [6.45, 7) is 2.20. The van der Waals surface area contributed by atoms with Crippen LogP contribution < -0.4 is 5.32 Å². The van der Waals surface area contributed by atoms with Gasteiger partial charge in [-0.25, -0.2) is 0 Å². The average molecular weight is 289 g/mol. The first-order chi connectivity index (χ1) is 9.32. The summed E-state index contributed by atoms with van der Waals surface area (Å²) >= 11 is 0. The third kappa shape index (κ3) is 5.61. The van der Waals surface area contributed by atoms with E-state index < -0.39 is 17.8 Å². The fourth-order valence-corrected chi connectivity index (χ4v) is 1.64. The molecule has 0 radical (unpaired) electrons. The summed E-state index contributed by atoms with van der Waals surface area (Å²) in [6.07, 6.45) is -3.69. The molecule has 0 bridgehead atoms. The minimum absolute atomic E-state index is 0.0281. The number of aliphatic hydroxyl groups excluding tert-OH is 1. The van der Waals surface area contributed by atoms with Crippen LogP contribution in [0.2, 0.25) is 0 Å². The number of nitrogens with one attached hydrogen (secondary N) is 1. The minimum atomic E-state index is -4.36. The third-order valence-electron chi connectivity index (χ3n) is 2.92. The lowest BCUT2D eigenvalue weighted by atomic mass is 10.1. The molecular weight excluding hydrogens is 271 g/mol. The van der Waals surface area contributed by atoms with Gasteiger partial charge in [-0.05, 0) is 30.5 Å². The van der Waals surface area contributed by atoms with Crippen molar-refractivity contribution >= 4 is 5.91 Å². The van der Waals surface area contributed by atoms with Crippen molar-refractivity contribution in [1.29, 1.82) is 0 Å². The van der Waals surface area contributed by atoms with E-state index in [-0.39, 0.29) is 12.3 Å². The summed E-state index contributed by atoms with van der Waals surface area (Å²) in [5, 5.41) is 11.9. The van der Waals surface area contributed by atoms with Gasteiger partial charge < -0.3 is 10.4 Å². The molecule has 0 aliphatic rings. The van der Waals surface area contributed by atoms with E-state index >= 15 is 0 Å². The molecule has 0 saturated heterocycles. The number of carbonyl (C=O) groups is 1. The van der Waals surface area contributed by atoms with E-state index in [4.69, 9.17) is 0 Å². The van der Waals surface area contributed by atoms with Gasteiger partial charge in [0.1, 0.15) is 0 Å². The van der Waals surface area contributed by atoms with E-state index in [1.54, 1.807) is 0 Å². The smallest absolute Gasteiger partial charge is 0.393 e. The molecule has 1 atom stereocenters. The van der Waals surface area contributed by atoms with Crippen LogP contribution in [-0.4, -0.2) is 23.7 Å². The van der Waals surface area contributed by atoms with Crippen molar-refractivity contribution in [3.63, 3.8) is 0 Å². The van der Waals surface area contributed by atoms with E-state index in [1.807, 2.05) is 6.92 Å². The molecule has 3 nitrogen and oxygen atoms in total. The highest BCUT2D eigenvalue weighted by molar-refractivity contribution is 5.78. The monoisotopic (exact) mass is 289 g/mol. The molecule has 1 aromatic carbocycles. The Morgan fingerprint density at radius 1 is 1.30 bits per heavy atom. The van der Waals surface area contributed by atoms with Gasteiger partial charge in [0.2, 0.25) is 5.91 Å². The van der Waals surface area contributed by atoms with Crippen LogP contribution in [0.4, 0.5) is 13.2 Å². The summed E-state index contributed by atoms with van der Waals surface area (Å²) in [4.78, 5) is 11.5.